The molecule has 1 saturated carbocycles. The molecule has 1 aromatic rings. The van der Waals surface area contributed by atoms with Crippen LogP contribution in [0.3, 0.4) is 0 Å². The maximum absolute atomic E-state index is 13.9. The first kappa shape index (κ1) is 14.5. The van der Waals surface area contributed by atoms with Crippen LogP contribution in [0.25, 0.3) is 0 Å². The number of hydrogen-bond acceptors (Lipinski definition) is 1. The Morgan fingerprint density at radius 2 is 2.05 bits per heavy atom. The fourth-order valence-electron chi connectivity index (χ4n) is 3.23. The van der Waals surface area contributed by atoms with Crippen LogP contribution in [0.4, 0.5) is 4.39 Å². The average Bonchev–Trinajstić information content (AvgIpc) is 2.38. The molecule has 106 valence electrons. The molecule has 1 aliphatic rings. The van der Waals surface area contributed by atoms with Crippen molar-refractivity contribution in [3.05, 3.63) is 35.6 Å². The number of benzene rings is 1. The Morgan fingerprint density at radius 1 is 1.32 bits per heavy atom. The van der Waals surface area contributed by atoms with E-state index in [1.54, 1.807) is 12.1 Å². The molecule has 0 spiro atoms. The Kier molecular flexibility index (Phi) is 4.62. The van der Waals surface area contributed by atoms with Crippen LogP contribution in [0.1, 0.15) is 64.5 Å². The first-order valence-corrected chi connectivity index (χ1v) is 7.55. The van der Waals surface area contributed by atoms with Crippen LogP contribution in [-0.4, -0.2) is 6.04 Å². The molecule has 1 N–H and O–H groups in total. The summed E-state index contributed by atoms with van der Waals surface area (Å²) in [6.45, 7) is 6.79. The third kappa shape index (κ3) is 3.36. The SMILES string of the molecule is CCC(NC1CCCCC1(C)C)c1ccccc1F. The lowest BCUT2D eigenvalue weighted by atomic mass is 9.73. The molecular weight excluding hydrogens is 237 g/mol. The van der Waals surface area contributed by atoms with Gasteiger partial charge in [-0.1, -0.05) is 51.8 Å². The van der Waals surface area contributed by atoms with Crippen LogP contribution in [0, 0.1) is 11.2 Å². The lowest BCUT2D eigenvalue weighted by Crippen LogP contribution is -2.45. The van der Waals surface area contributed by atoms with E-state index in [0.29, 0.717) is 11.5 Å². The summed E-state index contributed by atoms with van der Waals surface area (Å²) in [6.07, 6.45) is 6.00. The van der Waals surface area contributed by atoms with Gasteiger partial charge in [0.2, 0.25) is 0 Å². The van der Waals surface area contributed by atoms with Crippen molar-refractivity contribution in [2.24, 2.45) is 5.41 Å². The molecule has 0 saturated heterocycles. The number of halogens is 1. The summed E-state index contributed by atoms with van der Waals surface area (Å²) in [7, 11) is 0. The highest BCUT2D eigenvalue weighted by atomic mass is 19.1. The second kappa shape index (κ2) is 6.04. The Bertz CT molecular complexity index is 413. The van der Waals surface area contributed by atoms with Gasteiger partial charge in [0.05, 0.1) is 0 Å². The van der Waals surface area contributed by atoms with E-state index in [1.165, 1.54) is 25.7 Å². The molecule has 0 heterocycles. The predicted molar refractivity (Wildman–Crippen MR) is 78.6 cm³/mol. The third-order valence-electron chi connectivity index (χ3n) is 4.60. The molecule has 1 fully saturated rings. The predicted octanol–water partition coefficient (Wildman–Crippen LogP) is 4.84. The highest BCUT2D eigenvalue weighted by molar-refractivity contribution is 5.21. The zero-order valence-corrected chi connectivity index (χ0v) is 12.4. The summed E-state index contributed by atoms with van der Waals surface area (Å²) < 4.78 is 13.9. The topological polar surface area (TPSA) is 12.0 Å². The van der Waals surface area contributed by atoms with Gasteiger partial charge < -0.3 is 5.32 Å². The summed E-state index contributed by atoms with van der Waals surface area (Å²) in [4.78, 5) is 0. The highest BCUT2D eigenvalue weighted by Gasteiger charge is 2.33. The van der Waals surface area contributed by atoms with Gasteiger partial charge in [-0.2, -0.15) is 0 Å². The zero-order valence-electron chi connectivity index (χ0n) is 12.4. The summed E-state index contributed by atoms with van der Waals surface area (Å²) in [5, 5.41) is 3.71. The smallest absolute Gasteiger partial charge is 0.127 e. The van der Waals surface area contributed by atoms with Crippen LogP contribution < -0.4 is 5.32 Å². The van der Waals surface area contributed by atoms with E-state index in [0.717, 1.165) is 12.0 Å². The van der Waals surface area contributed by atoms with Crippen molar-refractivity contribution < 1.29 is 4.39 Å². The molecule has 0 bridgehead atoms. The number of hydrogen-bond donors (Lipinski definition) is 1. The van der Waals surface area contributed by atoms with Crippen LogP contribution in [0.5, 0.6) is 0 Å². The van der Waals surface area contributed by atoms with E-state index in [4.69, 9.17) is 0 Å². The van der Waals surface area contributed by atoms with Crippen molar-refractivity contribution in [2.75, 3.05) is 0 Å². The van der Waals surface area contributed by atoms with Gasteiger partial charge >= 0.3 is 0 Å². The Morgan fingerprint density at radius 3 is 2.68 bits per heavy atom. The Hall–Kier alpha value is -0.890. The Balaban J connectivity index is 2.13. The molecule has 0 aromatic heterocycles. The molecule has 0 radical (unpaired) electrons. The van der Waals surface area contributed by atoms with E-state index >= 15 is 0 Å². The molecular formula is C17H26FN. The fraction of sp³-hybridized carbons (Fsp3) is 0.647. The van der Waals surface area contributed by atoms with E-state index in [1.807, 2.05) is 12.1 Å². The molecule has 0 aliphatic heterocycles. The molecule has 19 heavy (non-hydrogen) atoms. The number of rotatable bonds is 4. The molecule has 0 amide bonds. The van der Waals surface area contributed by atoms with Gasteiger partial charge in [-0.15, -0.1) is 0 Å². The average molecular weight is 263 g/mol. The second-order valence-electron chi connectivity index (χ2n) is 6.44. The van der Waals surface area contributed by atoms with Gasteiger partial charge in [-0.25, -0.2) is 4.39 Å². The van der Waals surface area contributed by atoms with Crippen molar-refractivity contribution in [3.8, 4) is 0 Å². The van der Waals surface area contributed by atoms with Gasteiger partial charge in [0.25, 0.3) is 0 Å². The normalized spacial score (nSPS) is 24.1. The summed E-state index contributed by atoms with van der Waals surface area (Å²) in [5.74, 6) is -0.0875. The van der Waals surface area contributed by atoms with Gasteiger partial charge in [0.1, 0.15) is 5.82 Å². The lowest BCUT2D eigenvalue weighted by molar-refractivity contribution is 0.153. The number of nitrogens with one attached hydrogen (secondary N) is 1. The molecule has 1 aromatic carbocycles. The zero-order chi connectivity index (χ0) is 13.9. The summed E-state index contributed by atoms with van der Waals surface area (Å²) in [6, 6.07) is 7.78. The maximum Gasteiger partial charge on any atom is 0.127 e. The fourth-order valence-corrected chi connectivity index (χ4v) is 3.23. The van der Waals surface area contributed by atoms with Crippen molar-refractivity contribution in [1.82, 2.24) is 5.32 Å². The van der Waals surface area contributed by atoms with E-state index < -0.39 is 0 Å². The molecule has 2 unspecified atom stereocenters. The van der Waals surface area contributed by atoms with Crippen LogP contribution in [-0.2, 0) is 0 Å². The molecule has 1 nitrogen and oxygen atoms in total. The highest BCUT2D eigenvalue weighted by Crippen LogP contribution is 2.37. The first-order chi connectivity index (χ1) is 9.04. The van der Waals surface area contributed by atoms with Gasteiger partial charge in [0, 0.05) is 17.6 Å². The largest absolute Gasteiger partial charge is 0.307 e. The van der Waals surface area contributed by atoms with E-state index in [9.17, 15) is 4.39 Å². The molecule has 2 atom stereocenters. The van der Waals surface area contributed by atoms with E-state index in [2.05, 4.69) is 26.1 Å². The monoisotopic (exact) mass is 263 g/mol. The lowest BCUT2D eigenvalue weighted by Gasteiger charge is -2.41. The second-order valence-corrected chi connectivity index (χ2v) is 6.44. The first-order valence-electron chi connectivity index (χ1n) is 7.55. The summed E-state index contributed by atoms with van der Waals surface area (Å²) >= 11 is 0. The van der Waals surface area contributed by atoms with Crippen molar-refractivity contribution in [3.63, 3.8) is 0 Å². The van der Waals surface area contributed by atoms with Gasteiger partial charge in [-0.3, -0.25) is 0 Å². The van der Waals surface area contributed by atoms with Gasteiger partial charge in [0.15, 0.2) is 0 Å². The standard InChI is InChI=1S/C17H26FN/c1-4-15(13-9-5-6-10-14(13)18)19-16-11-7-8-12-17(16,2)3/h5-6,9-10,15-16,19H,4,7-8,11-12H2,1-3H3. The van der Waals surface area contributed by atoms with Gasteiger partial charge in [-0.05, 0) is 30.7 Å². The van der Waals surface area contributed by atoms with E-state index in [-0.39, 0.29) is 11.9 Å². The maximum atomic E-state index is 13.9. The third-order valence-corrected chi connectivity index (χ3v) is 4.60. The van der Waals surface area contributed by atoms with Crippen molar-refractivity contribution >= 4 is 0 Å². The van der Waals surface area contributed by atoms with Crippen LogP contribution in [0.2, 0.25) is 0 Å². The minimum atomic E-state index is -0.0875. The van der Waals surface area contributed by atoms with Crippen molar-refractivity contribution in [1.29, 1.82) is 0 Å². The van der Waals surface area contributed by atoms with Crippen LogP contribution in [0.15, 0.2) is 24.3 Å². The minimum absolute atomic E-state index is 0.0875. The molecule has 2 rings (SSSR count). The Labute approximate surface area is 116 Å². The summed E-state index contributed by atoms with van der Waals surface area (Å²) in [5.41, 5.74) is 1.13. The van der Waals surface area contributed by atoms with Crippen LogP contribution >= 0.6 is 0 Å². The molecule has 2 heteroatoms. The van der Waals surface area contributed by atoms with Crippen molar-refractivity contribution in [2.45, 2.75) is 65.0 Å². The molecule has 1 aliphatic carbocycles. The quantitative estimate of drug-likeness (QED) is 0.820. The minimum Gasteiger partial charge on any atom is -0.307 e.